The fourth-order valence-corrected chi connectivity index (χ4v) is 3.86. The van der Waals surface area contributed by atoms with Crippen molar-refractivity contribution in [1.82, 2.24) is 5.32 Å². The lowest BCUT2D eigenvalue weighted by Gasteiger charge is -2.36. The van der Waals surface area contributed by atoms with Crippen molar-refractivity contribution in [2.24, 2.45) is 11.8 Å². The number of Topliss-reactive ketones (excluding diaryl/α,β-unsaturated/α-hetero) is 2. The van der Waals surface area contributed by atoms with Crippen LogP contribution >= 0.6 is 0 Å². The predicted molar refractivity (Wildman–Crippen MR) is 99.7 cm³/mol. The van der Waals surface area contributed by atoms with Crippen LogP contribution in [-0.4, -0.2) is 34.9 Å². The van der Waals surface area contributed by atoms with Gasteiger partial charge in [0.05, 0.1) is 23.0 Å². The molecular weight excluding hydrogens is 332 g/mol. The Morgan fingerprint density at radius 1 is 0.962 bits per heavy atom. The van der Waals surface area contributed by atoms with Crippen LogP contribution in [0.4, 0.5) is 5.69 Å². The van der Waals surface area contributed by atoms with Crippen LogP contribution < -0.4 is 10.6 Å². The lowest BCUT2D eigenvalue weighted by atomic mass is 9.68. The SMILES string of the molecule is CCNC1=CC(C)=C(O)C2C(=O)c3c(O)c(C)cc(NCC)c3C(=O)C12. The van der Waals surface area contributed by atoms with E-state index in [0.717, 1.165) is 0 Å². The van der Waals surface area contributed by atoms with E-state index in [2.05, 4.69) is 10.6 Å². The Morgan fingerprint density at radius 2 is 1.58 bits per heavy atom. The van der Waals surface area contributed by atoms with E-state index < -0.39 is 17.6 Å². The number of carbonyl (C=O) groups excluding carboxylic acids is 2. The van der Waals surface area contributed by atoms with E-state index in [1.165, 1.54) is 0 Å². The lowest BCUT2D eigenvalue weighted by molar-refractivity contribution is 0.0739. The van der Waals surface area contributed by atoms with E-state index in [1.807, 2.05) is 13.8 Å². The van der Waals surface area contributed by atoms with Crippen molar-refractivity contribution < 1.29 is 19.8 Å². The van der Waals surface area contributed by atoms with Gasteiger partial charge in [0, 0.05) is 24.5 Å². The van der Waals surface area contributed by atoms with Crippen molar-refractivity contribution in [3.63, 3.8) is 0 Å². The molecule has 0 fully saturated rings. The Labute approximate surface area is 152 Å². The van der Waals surface area contributed by atoms with Crippen molar-refractivity contribution in [3.05, 3.63) is 45.9 Å². The molecule has 2 aliphatic carbocycles. The van der Waals surface area contributed by atoms with E-state index in [9.17, 15) is 19.8 Å². The van der Waals surface area contributed by atoms with Crippen molar-refractivity contribution >= 4 is 17.3 Å². The molecule has 0 saturated carbocycles. The van der Waals surface area contributed by atoms with E-state index >= 15 is 0 Å². The summed E-state index contributed by atoms with van der Waals surface area (Å²) >= 11 is 0. The zero-order valence-corrected chi connectivity index (χ0v) is 15.4. The van der Waals surface area contributed by atoms with Gasteiger partial charge in [-0.15, -0.1) is 0 Å². The number of hydrogen-bond donors (Lipinski definition) is 4. The van der Waals surface area contributed by atoms with Gasteiger partial charge in [-0.1, -0.05) is 0 Å². The zero-order valence-electron chi connectivity index (χ0n) is 15.4. The molecule has 138 valence electrons. The number of allylic oxidation sites excluding steroid dienone is 4. The van der Waals surface area contributed by atoms with E-state index in [-0.39, 0.29) is 28.4 Å². The fourth-order valence-electron chi connectivity index (χ4n) is 3.86. The Hall–Kier alpha value is -2.76. The number of phenolic OH excluding ortho intramolecular Hbond substituents is 1. The molecular formula is C20H24N2O4. The smallest absolute Gasteiger partial charge is 0.179 e. The third kappa shape index (κ3) is 2.48. The molecule has 0 bridgehead atoms. The third-order valence-corrected chi connectivity index (χ3v) is 5.04. The number of aliphatic hydroxyl groups excluding tert-OH is 1. The molecule has 0 spiro atoms. The first-order valence-electron chi connectivity index (χ1n) is 8.87. The fraction of sp³-hybridized carbons (Fsp3) is 0.400. The van der Waals surface area contributed by atoms with Crippen molar-refractivity contribution in [1.29, 1.82) is 0 Å². The van der Waals surface area contributed by atoms with Gasteiger partial charge in [0.2, 0.25) is 0 Å². The average Bonchev–Trinajstić information content (AvgIpc) is 2.59. The summed E-state index contributed by atoms with van der Waals surface area (Å²) in [7, 11) is 0. The summed E-state index contributed by atoms with van der Waals surface area (Å²) in [6, 6.07) is 1.68. The molecule has 3 rings (SSSR count). The van der Waals surface area contributed by atoms with Crippen LogP contribution in [0, 0.1) is 18.8 Å². The quantitative estimate of drug-likeness (QED) is 0.619. The Balaban J connectivity index is 2.29. The molecule has 2 unspecified atom stereocenters. The molecule has 4 N–H and O–H groups in total. The number of carbonyl (C=O) groups is 2. The second-order valence-corrected chi connectivity index (χ2v) is 6.75. The summed E-state index contributed by atoms with van der Waals surface area (Å²) < 4.78 is 0. The number of aliphatic hydroxyl groups is 1. The van der Waals surface area contributed by atoms with Gasteiger partial charge in [-0.2, -0.15) is 0 Å². The first-order valence-corrected chi connectivity index (χ1v) is 8.87. The molecule has 26 heavy (non-hydrogen) atoms. The lowest BCUT2D eigenvalue weighted by Crippen LogP contribution is -2.44. The molecule has 1 aromatic carbocycles. The minimum Gasteiger partial charge on any atom is -0.511 e. The Bertz CT molecular complexity index is 867. The number of benzene rings is 1. The molecule has 0 radical (unpaired) electrons. The van der Waals surface area contributed by atoms with Gasteiger partial charge in [0.25, 0.3) is 0 Å². The molecule has 0 heterocycles. The largest absolute Gasteiger partial charge is 0.511 e. The number of nitrogens with one attached hydrogen (secondary N) is 2. The number of rotatable bonds is 4. The summed E-state index contributed by atoms with van der Waals surface area (Å²) in [5, 5.41) is 27.3. The van der Waals surface area contributed by atoms with Crippen LogP contribution in [0.25, 0.3) is 0 Å². The summed E-state index contributed by atoms with van der Waals surface area (Å²) in [6.07, 6.45) is 1.72. The van der Waals surface area contributed by atoms with Crippen LogP contribution in [0.15, 0.2) is 29.2 Å². The highest BCUT2D eigenvalue weighted by molar-refractivity contribution is 6.22. The average molecular weight is 356 g/mol. The molecule has 2 aliphatic rings. The summed E-state index contributed by atoms with van der Waals surface area (Å²) in [6.45, 7) is 8.37. The van der Waals surface area contributed by atoms with Crippen LogP contribution in [0.5, 0.6) is 5.75 Å². The van der Waals surface area contributed by atoms with Gasteiger partial charge in [0.1, 0.15) is 11.5 Å². The number of anilines is 1. The minimum atomic E-state index is -1.00. The Morgan fingerprint density at radius 3 is 2.19 bits per heavy atom. The maximum absolute atomic E-state index is 13.4. The number of aryl methyl sites for hydroxylation is 1. The highest BCUT2D eigenvalue weighted by atomic mass is 16.3. The van der Waals surface area contributed by atoms with Crippen LogP contribution in [0.3, 0.4) is 0 Å². The van der Waals surface area contributed by atoms with E-state index in [0.29, 0.717) is 35.6 Å². The van der Waals surface area contributed by atoms with Gasteiger partial charge >= 0.3 is 0 Å². The number of aromatic hydroxyl groups is 1. The van der Waals surface area contributed by atoms with Crippen LogP contribution in [0.1, 0.15) is 47.1 Å². The standard InChI is InChI=1S/C20H24N2O4/c1-5-21-11-7-9(3)17(23)15-13(11)19(25)14-12(22-6-2)8-10(4)18(24)16(14)20(15)26/h7-8,13,15,21-24H,5-6H2,1-4H3. The maximum atomic E-state index is 13.4. The summed E-state index contributed by atoms with van der Waals surface area (Å²) in [5.41, 5.74) is 2.43. The molecule has 0 aromatic heterocycles. The first-order chi connectivity index (χ1) is 12.3. The molecule has 6 heteroatoms. The van der Waals surface area contributed by atoms with Gasteiger partial charge in [-0.3, -0.25) is 9.59 Å². The van der Waals surface area contributed by atoms with Gasteiger partial charge < -0.3 is 20.8 Å². The van der Waals surface area contributed by atoms with Crippen molar-refractivity contribution in [2.75, 3.05) is 18.4 Å². The first kappa shape index (κ1) is 18.0. The number of phenols is 1. The topological polar surface area (TPSA) is 98.7 Å². The molecule has 2 atom stereocenters. The van der Waals surface area contributed by atoms with Crippen LogP contribution in [0.2, 0.25) is 0 Å². The normalized spacial score (nSPS) is 21.9. The highest BCUT2D eigenvalue weighted by Crippen LogP contribution is 2.46. The predicted octanol–water partition coefficient (Wildman–Crippen LogP) is 3.08. The molecule has 0 saturated heterocycles. The second kappa shape index (κ2) is 6.52. The van der Waals surface area contributed by atoms with Gasteiger partial charge in [0.15, 0.2) is 11.6 Å². The minimum absolute atomic E-state index is 0.00398. The summed E-state index contributed by atoms with van der Waals surface area (Å²) in [5.74, 6) is -2.81. The zero-order chi connectivity index (χ0) is 19.2. The van der Waals surface area contributed by atoms with Gasteiger partial charge in [-0.25, -0.2) is 0 Å². The van der Waals surface area contributed by atoms with E-state index in [1.54, 1.807) is 26.0 Å². The highest BCUT2D eigenvalue weighted by Gasteiger charge is 2.49. The number of fused-ring (bicyclic) bond motifs is 2. The monoisotopic (exact) mass is 356 g/mol. The second-order valence-electron chi connectivity index (χ2n) is 6.75. The number of hydrogen-bond acceptors (Lipinski definition) is 6. The summed E-state index contributed by atoms with van der Waals surface area (Å²) in [4.78, 5) is 26.6. The third-order valence-electron chi connectivity index (χ3n) is 5.04. The number of ketones is 2. The van der Waals surface area contributed by atoms with Crippen molar-refractivity contribution in [3.8, 4) is 5.75 Å². The van der Waals surface area contributed by atoms with Gasteiger partial charge in [-0.05, 0) is 51.0 Å². The maximum Gasteiger partial charge on any atom is 0.179 e. The van der Waals surface area contributed by atoms with Crippen LogP contribution in [-0.2, 0) is 0 Å². The molecule has 1 aromatic rings. The molecule has 0 aliphatic heterocycles. The van der Waals surface area contributed by atoms with Crippen molar-refractivity contribution in [2.45, 2.75) is 27.7 Å². The molecule has 6 nitrogen and oxygen atoms in total. The molecule has 0 amide bonds. The van der Waals surface area contributed by atoms with E-state index in [4.69, 9.17) is 0 Å². The Kier molecular flexibility index (Phi) is 4.52.